The molecule has 0 unspecified atom stereocenters. The van der Waals surface area contributed by atoms with Crippen LogP contribution in [-0.4, -0.2) is 22.2 Å². The maximum Gasteiger partial charge on any atom is 0.265 e. The van der Waals surface area contributed by atoms with Crippen molar-refractivity contribution >= 4 is 40.3 Å². The highest BCUT2D eigenvalue weighted by atomic mass is 32.2. The molecule has 0 N–H and O–H groups in total. The fourth-order valence-electron chi connectivity index (χ4n) is 2.29. The van der Waals surface area contributed by atoms with Gasteiger partial charge in [0, 0.05) is 7.05 Å². The average molecular weight is 355 g/mol. The zero-order valence-electron chi connectivity index (χ0n) is 13.5. The number of ether oxygens (including phenoxy) is 1. The van der Waals surface area contributed by atoms with Gasteiger partial charge in [-0.25, -0.2) is 0 Å². The third-order valence-corrected chi connectivity index (χ3v) is 5.30. The van der Waals surface area contributed by atoms with E-state index in [9.17, 15) is 4.79 Å². The van der Waals surface area contributed by atoms with Crippen LogP contribution in [0.4, 0.5) is 0 Å². The highest BCUT2D eigenvalue weighted by Gasteiger charge is 2.28. The average Bonchev–Trinajstić information content (AvgIpc) is 2.82. The summed E-state index contributed by atoms with van der Waals surface area (Å²) in [4.78, 5) is 14.1. The summed E-state index contributed by atoms with van der Waals surface area (Å²) in [5, 5.41) is 0. The summed E-state index contributed by atoms with van der Waals surface area (Å²) in [6, 6.07) is 15.9. The first-order chi connectivity index (χ1) is 11.5. The Balaban J connectivity index is 1.67. The zero-order valence-corrected chi connectivity index (χ0v) is 15.1. The van der Waals surface area contributed by atoms with Gasteiger partial charge in [-0.05, 0) is 41.8 Å². The van der Waals surface area contributed by atoms with E-state index in [4.69, 9.17) is 17.0 Å². The van der Waals surface area contributed by atoms with Gasteiger partial charge in [0.25, 0.3) is 5.91 Å². The lowest BCUT2D eigenvalue weighted by molar-refractivity contribution is -0.121. The predicted molar refractivity (Wildman–Crippen MR) is 103 cm³/mol. The fraction of sp³-hybridized carbons (Fsp3) is 0.158. The number of hydrogen-bond acceptors (Lipinski definition) is 4. The number of nitrogens with zero attached hydrogens (tertiary/aromatic N) is 1. The molecule has 0 aromatic heterocycles. The van der Waals surface area contributed by atoms with E-state index >= 15 is 0 Å². The summed E-state index contributed by atoms with van der Waals surface area (Å²) in [6.45, 7) is 2.62. The Morgan fingerprint density at radius 1 is 1.17 bits per heavy atom. The molecular formula is C19H17NO2S2. The van der Waals surface area contributed by atoms with Crippen LogP contribution in [0.15, 0.2) is 53.4 Å². The molecule has 2 aromatic carbocycles. The van der Waals surface area contributed by atoms with Crippen molar-refractivity contribution in [3.63, 3.8) is 0 Å². The van der Waals surface area contributed by atoms with Crippen molar-refractivity contribution < 1.29 is 9.53 Å². The molecule has 1 amide bonds. The molecule has 0 aliphatic carbocycles. The van der Waals surface area contributed by atoms with E-state index in [2.05, 4.69) is 19.1 Å². The molecule has 0 radical (unpaired) electrons. The first-order valence-corrected chi connectivity index (χ1v) is 8.76. The maximum absolute atomic E-state index is 12.0. The smallest absolute Gasteiger partial charge is 0.265 e. The normalized spacial score (nSPS) is 16.1. The molecule has 2 aromatic rings. The van der Waals surface area contributed by atoms with Gasteiger partial charge in [0.1, 0.15) is 16.7 Å². The number of aryl methyl sites for hydroxylation is 1. The van der Waals surface area contributed by atoms with E-state index in [1.54, 1.807) is 7.05 Å². The van der Waals surface area contributed by atoms with E-state index in [0.717, 1.165) is 11.3 Å². The second kappa shape index (κ2) is 7.20. The van der Waals surface area contributed by atoms with Crippen molar-refractivity contribution in [3.05, 3.63) is 70.1 Å². The Bertz CT molecular complexity index is 812. The topological polar surface area (TPSA) is 29.5 Å². The monoisotopic (exact) mass is 355 g/mol. The predicted octanol–water partition coefficient (Wildman–Crippen LogP) is 4.41. The summed E-state index contributed by atoms with van der Waals surface area (Å²) in [6.07, 6.45) is 1.86. The van der Waals surface area contributed by atoms with Crippen LogP contribution in [-0.2, 0) is 11.4 Å². The van der Waals surface area contributed by atoms with Crippen molar-refractivity contribution in [2.45, 2.75) is 13.5 Å². The van der Waals surface area contributed by atoms with Crippen molar-refractivity contribution in [1.82, 2.24) is 4.90 Å². The molecule has 0 bridgehead atoms. The molecule has 0 spiro atoms. The lowest BCUT2D eigenvalue weighted by Gasteiger charge is -2.08. The summed E-state index contributed by atoms with van der Waals surface area (Å²) < 4.78 is 6.42. The van der Waals surface area contributed by atoms with E-state index in [0.29, 0.717) is 15.8 Å². The van der Waals surface area contributed by atoms with Crippen LogP contribution in [0.2, 0.25) is 0 Å². The van der Waals surface area contributed by atoms with Crippen LogP contribution in [0.3, 0.4) is 0 Å². The minimum Gasteiger partial charge on any atom is -0.489 e. The summed E-state index contributed by atoms with van der Waals surface area (Å²) in [5.74, 6) is 0.753. The Hall–Kier alpha value is -2.11. The van der Waals surface area contributed by atoms with Gasteiger partial charge < -0.3 is 4.74 Å². The first-order valence-electron chi connectivity index (χ1n) is 7.53. The zero-order chi connectivity index (χ0) is 17.1. The van der Waals surface area contributed by atoms with Gasteiger partial charge in [0.15, 0.2) is 0 Å². The van der Waals surface area contributed by atoms with Crippen molar-refractivity contribution in [1.29, 1.82) is 0 Å². The number of thiocarbonyl (C=S) groups is 1. The van der Waals surface area contributed by atoms with Gasteiger partial charge in [0.2, 0.25) is 0 Å². The number of amides is 1. The lowest BCUT2D eigenvalue weighted by Crippen LogP contribution is -2.22. The molecule has 5 heteroatoms. The Morgan fingerprint density at radius 2 is 1.88 bits per heavy atom. The van der Waals surface area contributed by atoms with E-state index in [1.807, 2.05) is 42.5 Å². The Labute approximate surface area is 151 Å². The molecule has 0 saturated carbocycles. The number of hydrogen-bond donors (Lipinski definition) is 0. The number of thioether (sulfide) groups is 1. The number of rotatable bonds is 4. The van der Waals surface area contributed by atoms with Crippen molar-refractivity contribution in [2.24, 2.45) is 0 Å². The highest BCUT2D eigenvalue weighted by Crippen LogP contribution is 2.31. The van der Waals surface area contributed by atoms with Crippen molar-refractivity contribution in [3.8, 4) is 5.75 Å². The van der Waals surface area contributed by atoms with Gasteiger partial charge in [-0.1, -0.05) is 60.4 Å². The second-order valence-corrected chi connectivity index (χ2v) is 7.20. The maximum atomic E-state index is 12.0. The Morgan fingerprint density at radius 3 is 2.50 bits per heavy atom. The second-order valence-electron chi connectivity index (χ2n) is 5.52. The molecule has 3 rings (SSSR count). The van der Waals surface area contributed by atoms with Crippen LogP contribution in [0.25, 0.3) is 6.08 Å². The molecule has 1 heterocycles. The third-order valence-electron chi connectivity index (χ3n) is 3.82. The lowest BCUT2D eigenvalue weighted by atomic mass is 10.1. The number of benzene rings is 2. The molecule has 1 aliphatic heterocycles. The summed E-state index contributed by atoms with van der Waals surface area (Å²) in [5.41, 5.74) is 3.34. The van der Waals surface area contributed by atoms with E-state index in [-0.39, 0.29) is 5.91 Å². The van der Waals surface area contributed by atoms with Gasteiger partial charge >= 0.3 is 0 Å². The Kier molecular flexibility index (Phi) is 5.02. The standard InChI is InChI=1S/C19H17NO2S2/c1-13-5-3-4-6-15(13)12-22-16-9-7-14(8-10-16)11-17-18(21)20(2)19(23)24-17/h3-11H,12H2,1-2H3/b17-11+. The quantitative estimate of drug-likeness (QED) is 0.600. The number of carbonyl (C=O) groups excluding carboxylic acids is 1. The van der Waals surface area contributed by atoms with Gasteiger partial charge in [0.05, 0.1) is 4.91 Å². The molecule has 24 heavy (non-hydrogen) atoms. The SMILES string of the molecule is Cc1ccccc1COc1ccc(/C=C2/SC(=S)N(C)C2=O)cc1. The van der Waals surface area contributed by atoms with E-state index < -0.39 is 0 Å². The molecule has 1 saturated heterocycles. The van der Waals surface area contributed by atoms with Crippen molar-refractivity contribution in [2.75, 3.05) is 7.05 Å². The first kappa shape index (κ1) is 16.7. The van der Waals surface area contributed by atoms with Gasteiger partial charge in [-0.15, -0.1) is 0 Å². The molecule has 3 nitrogen and oxygen atoms in total. The third kappa shape index (κ3) is 3.68. The molecular weight excluding hydrogens is 338 g/mol. The molecule has 1 aliphatic rings. The molecule has 122 valence electrons. The fourth-order valence-corrected chi connectivity index (χ4v) is 3.47. The van der Waals surface area contributed by atoms with Crippen LogP contribution in [0.5, 0.6) is 5.75 Å². The van der Waals surface area contributed by atoms with Crippen LogP contribution in [0.1, 0.15) is 16.7 Å². The van der Waals surface area contributed by atoms with Crippen LogP contribution in [0, 0.1) is 6.92 Å². The summed E-state index contributed by atoms with van der Waals surface area (Å²) in [7, 11) is 1.70. The number of carbonyl (C=O) groups is 1. The highest BCUT2D eigenvalue weighted by molar-refractivity contribution is 8.26. The molecule has 0 atom stereocenters. The van der Waals surface area contributed by atoms with Gasteiger partial charge in [-0.2, -0.15) is 0 Å². The summed E-state index contributed by atoms with van der Waals surface area (Å²) >= 11 is 6.46. The van der Waals surface area contributed by atoms with Crippen LogP contribution < -0.4 is 4.74 Å². The molecule has 1 fully saturated rings. The van der Waals surface area contributed by atoms with E-state index in [1.165, 1.54) is 27.8 Å². The van der Waals surface area contributed by atoms with Gasteiger partial charge in [-0.3, -0.25) is 9.69 Å². The number of likely N-dealkylation sites (N-methyl/N-ethyl adjacent to an activating group) is 1. The van der Waals surface area contributed by atoms with Crippen LogP contribution >= 0.6 is 24.0 Å². The minimum absolute atomic E-state index is 0.0510. The minimum atomic E-state index is -0.0510. The largest absolute Gasteiger partial charge is 0.489 e.